The Balaban J connectivity index is 1.82. The number of aromatic amines is 1. The zero-order valence-electron chi connectivity index (χ0n) is 14.5. The largest absolute Gasteiger partial charge is 0.355 e. The molecule has 2 amide bonds. The maximum Gasteiger partial charge on any atom is 0.273 e. The number of hydrogen-bond acceptors (Lipinski definition) is 3. The van der Waals surface area contributed by atoms with Gasteiger partial charge in [-0.15, -0.1) is 0 Å². The standard InChI is InChI=1S/C18H22N4O3/c1-18(2,3)12-10-19-16(24)15(12)17(25)20-13-9-14(23)22(21-13)11-7-5-4-6-8-11/h4-9,12,15,21H,10H2,1-3H3,(H,19,24)(H,20,25)/t12-,15-/m0/s1. The predicted octanol–water partition coefficient (Wildman–Crippen LogP) is 1.51. The normalized spacial score (nSPS) is 20.4. The van der Waals surface area contributed by atoms with Gasteiger partial charge in [0, 0.05) is 18.5 Å². The number of aromatic nitrogens is 2. The number of anilines is 1. The van der Waals surface area contributed by atoms with Crippen LogP contribution in [0.4, 0.5) is 5.82 Å². The molecule has 25 heavy (non-hydrogen) atoms. The van der Waals surface area contributed by atoms with Crippen molar-refractivity contribution in [3.8, 4) is 5.69 Å². The summed E-state index contributed by atoms with van der Waals surface area (Å²) in [4.78, 5) is 36.9. The van der Waals surface area contributed by atoms with Crippen molar-refractivity contribution >= 4 is 17.6 Å². The van der Waals surface area contributed by atoms with Crippen LogP contribution in [0.2, 0.25) is 0 Å². The van der Waals surface area contributed by atoms with E-state index in [2.05, 4.69) is 15.7 Å². The highest BCUT2D eigenvalue weighted by molar-refractivity contribution is 6.07. The van der Waals surface area contributed by atoms with Gasteiger partial charge in [0.15, 0.2) is 0 Å². The summed E-state index contributed by atoms with van der Waals surface area (Å²) in [7, 11) is 0. The molecule has 0 bridgehead atoms. The Kier molecular flexibility index (Phi) is 4.24. The van der Waals surface area contributed by atoms with E-state index < -0.39 is 11.8 Å². The van der Waals surface area contributed by atoms with Crippen LogP contribution in [-0.2, 0) is 9.59 Å². The van der Waals surface area contributed by atoms with E-state index in [-0.39, 0.29) is 28.6 Å². The Morgan fingerprint density at radius 3 is 2.52 bits per heavy atom. The highest BCUT2D eigenvalue weighted by Gasteiger charge is 2.45. The molecule has 7 nitrogen and oxygen atoms in total. The molecule has 3 rings (SSSR count). The maximum absolute atomic E-state index is 12.6. The van der Waals surface area contributed by atoms with Crippen LogP contribution in [0.1, 0.15) is 20.8 Å². The number of para-hydroxylation sites is 1. The van der Waals surface area contributed by atoms with Gasteiger partial charge in [-0.3, -0.25) is 19.5 Å². The molecule has 3 N–H and O–H groups in total. The summed E-state index contributed by atoms with van der Waals surface area (Å²) in [6.45, 7) is 6.49. The molecule has 2 atom stereocenters. The summed E-state index contributed by atoms with van der Waals surface area (Å²) in [6, 6.07) is 10.4. The summed E-state index contributed by atoms with van der Waals surface area (Å²) in [5.74, 6) is -1.30. The summed E-state index contributed by atoms with van der Waals surface area (Å²) < 4.78 is 1.34. The van der Waals surface area contributed by atoms with Gasteiger partial charge in [0.2, 0.25) is 11.8 Å². The van der Waals surface area contributed by atoms with E-state index >= 15 is 0 Å². The van der Waals surface area contributed by atoms with Crippen molar-refractivity contribution in [1.29, 1.82) is 0 Å². The number of amides is 2. The van der Waals surface area contributed by atoms with E-state index in [0.717, 1.165) is 0 Å². The van der Waals surface area contributed by atoms with Crippen LogP contribution in [0.3, 0.4) is 0 Å². The lowest BCUT2D eigenvalue weighted by Crippen LogP contribution is -2.37. The quantitative estimate of drug-likeness (QED) is 0.738. The molecule has 7 heteroatoms. The Morgan fingerprint density at radius 2 is 1.88 bits per heavy atom. The number of H-pyrrole nitrogens is 1. The molecule has 1 aliphatic rings. The van der Waals surface area contributed by atoms with Crippen LogP contribution < -0.4 is 16.2 Å². The Morgan fingerprint density at radius 1 is 1.20 bits per heavy atom. The van der Waals surface area contributed by atoms with Gasteiger partial charge in [0.1, 0.15) is 11.7 Å². The fourth-order valence-corrected chi connectivity index (χ4v) is 3.17. The number of benzene rings is 1. The van der Waals surface area contributed by atoms with Crippen molar-refractivity contribution in [1.82, 2.24) is 15.1 Å². The Hall–Kier alpha value is -2.83. The fraction of sp³-hybridized carbons (Fsp3) is 0.389. The Labute approximate surface area is 145 Å². The molecule has 0 spiro atoms. The molecule has 1 aliphatic heterocycles. The molecule has 2 heterocycles. The minimum Gasteiger partial charge on any atom is -0.355 e. The van der Waals surface area contributed by atoms with E-state index in [0.29, 0.717) is 12.2 Å². The average Bonchev–Trinajstić information content (AvgIpc) is 3.10. The van der Waals surface area contributed by atoms with Gasteiger partial charge in [-0.2, -0.15) is 0 Å². The maximum atomic E-state index is 12.6. The second kappa shape index (κ2) is 6.23. The number of rotatable bonds is 3. The van der Waals surface area contributed by atoms with Gasteiger partial charge in [-0.1, -0.05) is 39.0 Å². The summed E-state index contributed by atoms with van der Waals surface area (Å²) in [5.41, 5.74) is 0.189. The van der Waals surface area contributed by atoms with Crippen molar-refractivity contribution in [2.45, 2.75) is 20.8 Å². The number of carbonyl (C=O) groups is 2. The minimum atomic E-state index is -0.774. The SMILES string of the molecule is CC(C)(C)[C@H]1CNC(=O)[C@H]1C(=O)Nc1cc(=O)n(-c2ccccc2)[nH]1. The third-order valence-corrected chi connectivity index (χ3v) is 4.57. The number of nitrogens with one attached hydrogen (secondary N) is 3. The molecular weight excluding hydrogens is 320 g/mol. The first-order valence-electron chi connectivity index (χ1n) is 8.23. The second-order valence-corrected chi connectivity index (χ2v) is 7.36. The molecule has 0 aliphatic carbocycles. The van der Waals surface area contributed by atoms with Crippen LogP contribution >= 0.6 is 0 Å². The van der Waals surface area contributed by atoms with Crippen molar-refractivity contribution in [2.24, 2.45) is 17.3 Å². The van der Waals surface area contributed by atoms with Gasteiger partial charge < -0.3 is 10.6 Å². The highest BCUT2D eigenvalue weighted by Crippen LogP contribution is 2.35. The van der Waals surface area contributed by atoms with Crippen LogP contribution in [0.25, 0.3) is 5.69 Å². The van der Waals surface area contributed by atoms with Crippen molar-refractivity contribution in [3.05, 3.63) is 46.8 Å². The van der Waals surface area contributed by atoms with Gasteiger partial charge in [-0.25, -0.2) is 4.68 Å². The van der Waals surface area contributed by atoms with Gasteiger partial charge >= 0.3 is 0 Å². The monoisotopic (exact) mass is 342 g/mol. The van der Waals surface area contributed by atoms with E-state index in [1.807, 2.05) is 39.0 Å². The molecule has 1 aromatic heterocycles. The minimum absolute atomic E-state index is 0.108. The smallest absolute Gasteiger partial charge is 0.273 e. The highest BCUT2D eigenvalue weighted by atomic mass is 16.2. The van der Waals surface area contributed by atoms with Gasteiger partial charge in [-0.05, 0) is 17.5 Å². The summed E-state index contributed by atoms with van der Waals surface area (Å²) in [6.07, 6.45) is 0. The van der Waals surface area contributed by atoms with Gasteiger partial charge in [0.05, 0.1) is 5.69 Å². The molecule has 0 radical (unpaired) electrons. The lowest BCUT2D eigenvalue weighted by molar-refractivity contribution is -0.132. The number of carbonyl (C=O) groups excluding carboxylic acids is 2. The first kappa shape index (κ1) is 17.0. The lowest BCUT2D eigenvalue weighted by atomic mass is 9.74. The van der Waals surface area contributed by atoms with Crippen LogP contribution in [0, 0.1) is 17.3 Å². The summed E-state index contributed by atoms with van der Waals surface area (Å²) >= 11 is 0. The molecule has 1 fully saturated rings. The zero-order valence-corrected chi connectivity index (χ0v) is 14.5. The van der Waals surface area contributed by atoms with Crippen molar-refractivity contribution in [3.63, 3.8) is 0 Å². The van der Waals surface area contributed by atoms with E-state index in [1.54, 1.807) is 12.1 Å². The van der Waals surface area contributed by atoms with E-state index in [1.165, 1.54) is 10.7 Å². The van der Waals surface area contributed by atoms with Crippen LogP contribution in [0.5, 0.6) is 0 Å². The topological polar surface area (TPSA) is 96.0 Å². The molecule has 0 unspecified atom stereocenters. The van der Waals surface area contributed by atoms with Gasteiger partial charge in [0.25, 0.3) is 5.56 Å². The summed E-state index contributed by atoms with van der Waals surface area (Å²) in [5, 5.41) is 8.29. The average molecular weight is 342 g/mol. The second-order valence-electron chi connectivity index (χ2n) is 7.36. The van der Waals surface area contributed by atoms with Crippen molar-refractivity contribution < 1.29 is 9.59 Å². The fourth-order valence-electron chi connectivity index (χ4n) is 3.17. The Bertz CT molecular complexity index is 845. The van der Waals surface area contributed by atoms with Crippen LogP contribution in [-0.4, -0.2) is 28.1 Å². The first-order chi connectivity index (χ1) is 11.8. The van der Waals surface area contributed by atoms with Crippen molar-refractivity contribution in [2.75, 3.05) is 11.9 Å². The van der Waals surface area contributed by atoms with E-state index in [4.69, 9.17) is 0 Å². The first-order valence-corrected chi connectivity index (χ1v) is 8.23. The zero-order chi connectivity index (χ0) is 18.2. The number of nitrogens with zero attached hydrogens (tertiary/aromatic N) is 1. The third-order valence-electron chi connectivity index (χ3n) is 4.57. The molecule has 1 aromatic carbocycles. The number of hydrogen-bond donors (Lipinski definition) is 3. The predicted molar refractivity (Wildman–Crippen MR) is 94.5 cm³/mol. The molecule has 2 aromatic rings. The molecular formula is C18H22N4O3. The molecule has 132 valence electrons. The van der Waals surface area contributed by atoms with Crippen LogP contribution in [0.15, 0.2) is 41.2 Å². The molecule has 1 saturated heterocycles. The van der Waals surface area contributed by atoms with E-state index in [9.17, 15) is 14.4 Å². The lowest BCUT2D eigenvalue weighted by Gasteiger charge is -2.29. The molecule has 0 saturated carbocycles. The third kappa shape index (κ3) is 3.35.